The summed E-state index contributed by atoms with van der Waals surface area (Å²) in [5.74, 6) is 0.439. The molecule has 0 saturated carbocycles. The van der Waals surface area contributed by atoms with Gasteiger partial charge in [-0.2, -0.15) is 0 Å². The van der Waals surface area contributed by atoms with Crippen molar-refractivity contribution in [1.29, 1.82) is 0 Å². The van der Waals surface area contributed by atoms with Crippen LogP contribution in [0.15, 0.2) is 48.5 Å². The Kier molecular flexibility index (Phi) is 4.57. The van der Waals surface area contributed by atoms with E-state index < -0.39 is 6.36 Å². The van der Waals surface area contributed by atoms with Crippen molar-refractivity contribution < 1.29 is 22.6 Å². The zero-order valence-electron chi connectivity index (χ0n) is 11.3. The fraction of sp³-hybridized carbons (Fsp3) is 0.200. The van der Waals surface area contributed by atoms with Gasteiger partial charge in [0.15, 0.2) is 0 Å². The van der Waals surface area contributed by atoms with Gasteiger partial charge in [-0.05, 0) is 42.0 Å². The summed E-state index contributed by atoms with van der Waals surface area (Å²) in [6.07, 6.45) is -4.67. The highest BCUT2D eigenvalue weighted by atomic mass is 19.4. The van der Waals surface area contributed by atoms with E-state index in [-0.39, 0.29) is 12.4 Å². The smallest absolute Gasteiger partial charge is 0.489 e. The summed E-state index contributed by atoms with van der Waals surface area (Å²) < 4.78 is 45.4. The summed E-state index contributed by atoms with van der Waals surface area (Å²) >= 11 is 0. The molecule has 0 saturated heterocycles. The van der Waals surface area contributed by atoms with E-state index in [1.54, 1.807) is 0 Å². The van der Waals surface area contributed by atoms with E-state index in [0.717, 1.165) is 11.3 Å². The standard InChI is InChI=1S/C15H14F3NO2/c1-19-12-4-8-13(9-5-12)20-10-11-2-6-14(7-3-11)21-15(16,17)18/h2-9,19H,10H2,1H3. The lowest BCUT2D eigenvalue weighted by atomic mass is 10.2. The van der Waals surface area contributed by atoms with Gasteiger partial charge in [-0.3, -0.25) is 0 Å². The molecule has 6 heteroatoms. The first-order valence-corrected chi connectivity index (χ1v) is 6.21. The molecule has 112 valence electrons. The number of benzene rings is 2. The Morgan fingerprint density at radius 2 is 1.48 bits per heavy atom. The second-order valence-corrected chi connectivity index (χ2v) is 4.25. The van der Waals surface area contributed by atoms with E-state index in [0.29, 0.717) is 5.75 Å². The summed E-state index contributed by atoms with van der Waals surface area (Å²) in [6, 6.07) is 12.9. The van der Waals surface area contributed by atoms with Crippen LogP contribution in [0.3, 0.4) is 0 Å². The van der Waals surface area contributed by atoms with Crippen molar-refractivity contribution in [2.75, 3.05) is 12.4 Å². The average Bonchev–Trinajstić information content (AvgIpc) is 2.45. The molecule has 3 nitrogen and oxygen atoms in total. The van der Waals surface area contributed by atoms with Crippen LogP contribution in [0.2, 0.25) is 0 Å². The second kappa shape index (κ2) is 6.39. The van der Waals surface area contributed by atoms with E-state index >= 15 is 0 Å². The minimum Gasteiger partial charge on any atom is -0.489 e. The molecule has 21 heavy (non-hydrogen) atoms. The van der Waals surface area contributed by atoms with Crippen LogP contribution in [0.1, 0.15) is 5.56 Å². The summed E-state index contributed by atoms with van der Waals surface area (Å²) in [4.78, 5) is 0. The number of rotatable bonds is 5. The topological polar surface area (TPSA) is 30.5 Å². The maximum absolute atomic E-state index is 12.0. The molecule has 0 atom stereocenters. The van der Waals surface area contributed by atoms with Crippen molar-refractivity contribution in [3.8, 4) is 11.5 Å². The summed E-state index contributed by atoms with van der Waals surface area (Å²) in [5, 5.41) is 2.99. The normalized spacial score (nSPS) is 11.0. The van der Waals surface area contributed by atoms with Crippen molar-refractivity contribution in [2.24, 2.45) is 0 Å². The maximum atomic E-state index is 12.0. The predicted octanol–water partition coefficient (Wildman–Crippen LogP) is 4.21. The average molecular weight is 297 g/mol. The van der Waals surface area contributed by atoms with Crippen LogP contribution in [-0.4, -0.2) is 13.4 Å². The van der Waals surface area contributed by atoms with Crippen LogP contribution in [0.25, 0.3) is 0 Å². The van der Waals surface area contributed by atoms with Crippen LogP contribution < -0.4 is 14.8 Å². The van der Waals surface area contributed by atoms with Gasteiger partial charge in [-0.25, -0.2) is 0 Å². The quantitative estimate of drug-likeness (QED) is 0.897. The van der Waals surface area contributed by atoms with Gasteiger partial charge in [0.1, 0.15) is 18.1 Å². The minimum absolute atomic E-state index is 0.246. The van der Waals surface area contributed by atoms with Gasteiger partial charge in [0.25, 0.3) is 0 Å². The van der Waals surface area contributed by atoms with Gasteiger partial charge in [-0.1, -0.05) is 12.1 Å². The Morgan fingerprint density at radius 1 is 0.905 bits per heavy atom. The van der Waals surface area contributed by atoms with Crippen molar-refractivity contribution in [1.82, 2.24) is 0 Å². The number of alkyl halides is 3. The van der Waals surface area contributed by atoms with Crippen LogP contribution in [0, 0.1) is 0 Å². The molecule has 0 amide bonds. The molecule has 0 heterocycles. The Bertz CT molecular complexity index is 565. The third-order valence-corrected chi connectivity index (χ3v) is 2.71. The van der Waals surface area contributed by atoms with Gasteiger partial charge < -0.3 is 14.8 Å². The van der Waals surface area contributed by atoms with Gasteiger partial charge >= 0.3 is 6.36 Å². The van der Waals surface area contributed by atoms with Crippen molar-refractivity contribution in [2.45, 2.75) is 13.0 Å². The van der Waals surface area contributed by atoms with Crippen LogP contribution >= 0.6 is 0 Å². The largest absolute Gasteiger partial charge is 0.573 e. The fourth-order valence-corrected chi connectivity index (χ4v) is 1.67. The SMILES string of the molecule is CNc1ccc(OCc2ccc(OC(F)(F)F)cc2)cc1. The fourth-order valence-electron chi connectivity index (χ4n) is 1.67. The highest BCUT2D eigenvalue weighted by Gasteiger charge is 2.30. The van der Waals surface area contributed by atoms with Gasteiger partial charge in [-0.15, -0.1) is 13.2 Å². The van der Waals surface area contributed by atoms with E-state index in [9.17, 15) is 13.2 Å². The van der Waals surface area contributed by atoms with Crippen molar-refractivity contribution in [3.05, 3.63) is 54.1 Å². The van der Waals surface area contributed by atoms with E-state index in [4.69, 9.17) is 4.74 Å². The van der Waals surface area contributed by atoms with Crippen LogP contribution in [-0.2, 0) is 6.61 Å². The predicted molar refractivity (Wildman–Crippen MR) is 73.4 cm³/mol. The number of nitrogens with one attached hydrogen (secondary N) is 1. The van der Waals surface area contributed by atoms with Crippen LogP contribution in [0.4, 0.5) is 18.9 Å². The molecule has 0 radical (unpaired) electrons. The molecular formula is C15H14F3NO2. The second-order valence-electron chi connectivity index (χ2n) is 4.25. The number of hydrogen-bond acceptors (Lipinski definition) is 3. The lowest BCUT2D eigenvalue weighted by molar-refractivity contribution is -0.274. The summed E-state index contributed by atoms with van der Waals surface area (Å²) in [6.45, 7) is 0.269. The van der Waals surface area contributed by atoms with Gasteiger partial charge in [0.05, 0.1) is 0 Å². The van der Waals surface area contributed by atoms with Crippen LogP contribution in [0.5, 0.6) is 11.5 Å². The third-order valence-electron chi connectivity index (χ3n) is 2.71. The molecular weight excluding hydrogens is 283 g/mol. The Balaban J connectivity index is 1.91. The Labute approximate surface area is 120 Å². The highest BCUT2D eigenvalue weighted by Crippen LogP contribution is 2.23. The zero-order valence-corrected chi connectivity index (χ0v) is 11.3. The van der Waals surface area contributed by atoms with Crippen molar-refractivity contribution in [3.63, 3.8) is 0 Å². The number of hydrogen-bond donors (Lipinski definition) is 1. The first kappa shape index (κ1) is 15.0. The monoisotopic (exact) mass is 297 g/mol. The highest BCUT2D eigenvalue weighted by molar-refractivity contribution is 5.45. The molecule has 2 rings (SSSR count). The molecule has 2 aromatic rings. The molecule has 0 bridgehead atoms. The number of anilines is 1. The Morgan fingerprint density at radius 3 is 2.00 bits per heavy atom. The van der Waals surface area contributed by atoms with E-state index in [1.807, 2.05) is 31.3 Å². The molecule has 0 fully saturated rings. The van der Waals surface area contributed by atoms with Crippen molar-refractivity contribution >= 4 is 5.69 Å². The third kappa shape index (κ3) is 4.91. The lowest BCUT2D eigenvalue weighted by Crippen LogP contribution is -2.17. The van der Waals surface area contributed by atoms with Gasteiger partial charge in [0, 0.05) is 12.7 Å². The van der Waals surface area contributed by atoms with Gasteiger partial charge in [0.2, 0.25) is 0 Å². The molecule has 1 N–H and O–H groups in total. The first-order chi connectivity index (χ1) is 9.96. The Hall–Kier alpha value is -2.37. The lowest BCUT2D eigenvalue weighted by Gasteiger charge is -2.10. The molecule has 0 aliphatic rings. The van der Waals surface area contributed by atoms with E-state index in [1.165, 1.54) is 24.3 Å². The molecule has 0 aromatic heterocycles. The number of ether oxygens (including phenoxy) is 2. The molecule has 0 aliphatic heterocycles. The number of halogens is 3. The zero-order chi connectivity index (χ0) is 15.3. The summed E-state index contributed by atoms with van der Waals surface area (Å²) in [5.41, 5.74) is 1.72. The first-order valence-electron chi connectivity index (χ1n) is 6.21. The molecule has 0 aliphatic carbocycles. The maximum Gasteiger partial charge on any atom is 0.573 e. The summed E-state index contributed by atoms with van der Waals surface area (Å²) in [7, 11) is 1.82. The van der Waals surface area contributed by atoms with E-state index in [2.05, 4.69) is 10.1 Å². The molecule has 0 spiro atoms. The molecule has 2 aromatic carbocycles. The minimum atomic E-state index is -4.67. The molecule has 0 unspecified atom stereocenters.